The Kier molecular flexibility index (Phi) is 4.75. The van der Waals surface area contributed by atoms with Crippen molar-refractivity contribution < 1.29 is 14.3 Å². The minimum atomic E-state index is -0.557. The van der Waals surface area contributed by atoms with Gasteiger partial charge in [0.25, 0.3) is 5.91 Å². The third kappa shape index (κ3) is 3.37. The summed E-state index contributed by atoms with van der Waals surface area (Å²) in [4.78, 5) is 14.0. The molecule has 1 aromatic carbocycles. The highest BCUT2D eigenvalue weighted by molar-refractivity contribution is 5.94. The lowest BCUT2D eigenvalue weighted by Gasteiger charge is -2.30. The van der Waals surface area contributed by atoms with E-state index in [1.165, 1.54) is 12.1 Å². The van der Waals surface area contributed by atoms with Gasteiger partial charge in [-0.05, 0) is 37.0 Å². The van der Waals surface area contributed by atoms with E-state index in [0.29, 0.717) is 24.6 Å². The van der Waals surface area contributed by atoms with Gasteiger partial charge < -0.3 is 10.0 Å². The van der Waals surface area contributed by atoms with E-state index in [-0.39, 0.29) is 18.1 Å². The molecular formula is C16H18FNO2. The molecule has 3 nitrogen and oxygen atoms in total. The Morgan fingerprint density at radius 1 is 1.45 bits per heavy atom. The number of aliphatic hydroxyl groups is 1. The molecule has 106 valence electrons. The molecule has 1 heterocycles. The number of aliphatic hydroxyl groups excluding tert-OH is 1. The molecule has 0 radical (unpaired) electrons. The van der Waals surface area contributed by atoms with Crippen LogP contribution in [-0.4, -0.2) is 35.6 Å². The highest BCUT2D eigenvalue weighted by atomic mass is 19.1. The number of benzene rings is 1. The number of nitrogens with zero attached hydrogens (tertiary/aromatic N) is 1. The average molecular weight is 275 g/mol. The van der Waals surface area contributed by atoms with Crippen LogP contribution in [0.5, 0.6) is 0 Å². The van der Waals surface area contributed by atoms with E-state index >= 15 is 0 Å². The zero-order chi connectivity index (χ0) is 14.5. The summed E-state index contributed by atoms with van der Waals surface area (Å²) in [5.41, 5.74) is 0.550. The van der Waals surface area contributed by atoms with Crippen molar-refractivity contribution in [2.24, 2.45) is 5.92 Å². The van der Waals surface area contributed by atoms with E-state index in [2.05, 4.69) is 18.8 Å². The predicted octanol–water partition coefficient (Wildman–Crippen LogP) is 2.04. The summed E-state index contributed by atoms with van der Waals surface area (Å²) in [6.07, 6.45) is 1.93. The van der Waals surface area contributed by atoms with Crippen molar-refractivity contribution >= 4 is 5.91 Å². The molecule has 0 saturated carbocycles. The van der Waals surface area contributed by atoms with E-state index in [0.717, 1.165) is 12.8 Å². The van der Waals surface area contributed by atoms with Gasteiger partial charge in [-0.25, -0.2) is 4.39 Å². The maximum absolute atomic E-state index is 14.0. The number of amides is 1. The molecule has 1 aliphatic rings. The second-order valence-electron chi connectivity index (χ2n) is 5.13. The minimum absolute atomic E-state index is 0.0918. The third-order valence-corrected chi connectivity index (χ3v) is 3.58. The van der Waals surface area contributed by atoms with Gasteiger partial charge >= 0.3 is 0 Å². The molecule has 20 heavy (non-hydrogen) atoms. The van der Waals surface area contributed by atoms with Crippen molar-refractivity contribution in [1.82, 2.24) is 4.90 Å². The first-order valence-electron chi connectivity index (χ1n) is 6.80. The minimum Gasteiger partial charge on any atom is -0.384 e. The average Bonchev–Trinajstić information content (AvgIpc) is 2.45. The van der Waals surface area contributed by atoms with Crippen molar-refractivity contribution in [3.63, 3.8) is 0 Å². The van der Waals surface area contributed by atoms with E-state index in [9.17, 15) is 9.18 Å². The summed E-state index contributed by atoms with van der Waals surface area (Å²) >= 11 is 0. The van der Waals surface area contributed by atoms with Crippen LogP contribution in [-0.2, 0) is 0 Å². The Labute approximate surface area is 118 Å². The molecule has 1 fully saturated rings. The van der Waals surface area contributed by atoms with E-state index in [4.69, 9.17) is 5.11 Å². The van der Waals surface area contributed by atoms with Crippen LogP contribution in [0.2, 0.25) is 0 Å². The first kappa shape index (κ1) is 14.5. The van der Waals surface area contributed by atoms with Gasteiger partial charge in [0.15, 0.2) is 0 Å². The number of hydrogen-bond acceptors (Lipinski definition) is 2. The summed E-state index contributed by atoms with van der Waals surface area (Å²) in [5, 5.41) is 8.60. The summed E-state index contributed by atoms with van der Waals surface area (Å²) in [6.45, 7) is 3.27. The second-order valence-corrected chi connectivity index (χ2v) is 5.13. The molecule has 1 aromatic rings. The number of halogens is 1. The molecule has 0 spiro atoms. The molecular weight excluding hydrogens is 257 g/mol. The van der Waals surface area contributed by atoms with Gasteiger partial charge in [-0.3, -0.25) is 4.79 Å². The fraction of sp³-hybridized carbons (Fsp3) is 0.438. The number of hydrogen-bond donors (Lipinski definition) is 1. The quantitative estimate of drug-likeness (QED) is 0.797. The largest absolute Gasteiger partial charge is 0.384 e. The number of piperidine rings is 1. The van der Waals surface area contributed by atoms with Crippen LogP contribution in [0.25, 0.3) is 0 Å². The smallest absolute Gasteiger partial charge is 0.256 e. The van der Waals surface area contributed by atoms with Gasteiger partial charge in [0.2, 0.25) is 0 Å². The molecule has 4 heteroatoms. The predicted molar refractivity (Wildman–Crippen MR) is 74.7 cm³/mol. The van der Waals surface area contributed by atoms with Gasteiger partial charge in [-0.15, -0.1) is 0 Å². The Bertz CT molecular complexity index is 551. The van der Waals surface area contributed by atoms with Crippen LogP contribution >= 0.6 is 0 Å². The number of carbonyl (C=O) groups excluding carboxylic acids is 1. The van der Waals surface area contributed by atoms with Crippen molar-refractivity contribution in [2.75, 3.05) is 19.7 Å². The second kappa shape index (κ2) is 6.53. The molecule has 1 amide bonds. The van der Waals surface area contributed by atoms with Crippen LogP contribution in [0.4, 0.5) is 4.39 Å². The summed E-state index contributed by atoms with van der Waals surface area (Å²) < 4.78 is 14.0. The SMILES string of the molecule is CC1CCN(C(=O)c2ccc(C#CCO)cc2F)CC1. The van der Waals surface area contributed by atoms with Crippen LogP contribution in [0, 0.1) is 23.6 Å². The third-order valence-electron chi connectivity index (χ3n) is 3.58. The topological polar surface area (TPSA) is 40.5 Å². The molecule has 1 aliphatic heterocycles. The van der Waals surface area contributed by atoms with Crippen LogP contribution in [0.15, 0.2) is 18.2 Å². The fourth-order valence-electron chi connectivity index (χ4n) is 2.29. The molecule has 2 rings (SSSR count). The first-order valence-corrected chi connectivity index (χ1v) is 6.80. The number of carbonyl (C=O) groups is 1. The standard InChI is InChI=1S/C16H18FNO2/c1-12-6-8-18(9-7-12)16(20)14-5-4-13(3-2-10-19)11-15(14)17/h4-5,11-12,19H,6-10H2,1H3. The van der Waals surface area contributed by atoms with Gasteiger partial charge in [-0.1, -0.05) is 18.8 Å². The van der Waals surface area contributed by atoms with Gasteiger partial charge in [0.05, 0.1) is 5.56 Å². The molecule has 1 saturated heterocycles. The highest BCUT2D eigenvalue weighted by Crippen LogP contribution is 2.19. The zero-order valence-corrected chi connectivity index (χ0v) is 11.5. The molecule has 0 atom stereocenters. The maximum Gasteiger partial charge on any atom is 0.256 e. The number of likely N-dealkylation sites (tertiary alicyclic amines) is 1. The fourth-order valence-corrected chi connectivity index (χ4v) is 2.29. The van der Waals surface area contributed by atoms with Gasteiger partial charge in [-0.2, -0.15) is 0 Å². The summed E-state index contributed by atoms with van der Waals surface area (Å²) in [5.74, 6) is 4.89. The van der Waals surface area contributed by atoms with Gasteiger partial charge in [0, 0.05) is 18.7 Å². The van der Waals surface area contributed by atoms with Crippen LogP contribution in [0.3, 0.4) is 0 Å². The lowest BCUT2D eigenvalue weighted by molar-refractivity contribution is 0.0692. The van der Waals surface area contributed by atoms with Crippen molar-refractivity contribution in [3.8, 4) is 11.8 Å². The van der Waals surface area contributed by atoms with Crippen molar-refractivity contribution in [3.05, 3.63) is 35.1 Å². The molecule has 0 aliphatic carbocycles. The van der Waals surface area contributed by atoms with E-state index < -0.39 is 5.82 Å². The van der Waals surface area contributed by atoms with Crippen molar-refractivity contribution in [2.45, 2.75) is 19.8 Å². The Balaban J connectivity index is 2.14. The van der Waals surface area contributed by atoms with Crippen LogP contribution in [0.1, 0.15) is 35.7 Å². The first-order chi connectivity index (χ1) is 9.61. The molecule has 0 aromatic heterocycles. The lowest BCUT2D eigenvalue weighted by Crippen LogP contribution is -2.38. The molecule has 0 unspecified atom stereocenters. The van der Waals surface area contributed by atoms with Gasteiger partial charge in [0.1, 0.15) is 12.4 Å². The monoisotopic (exact) mass is 275 g/mol. The van der Waals surface area contributed by atoms with E-state index in [1.807, 2.05) is 0 Å². The molecule has 0 bridgehead atoms. The molecule has 1 N–H and O–H groups in total. The summed E-state index contributed by atoms with van der Waals surface area (Å²) in [6, 6.07) is 4.31. The Morgan fingerprint density at radius 2 is 2.15 bits per heavy atom. The highest BCUT2D eigenvalue weighted by Gasteiger charge is 2.23. The Hall–Kier alpha value is -1.86. The van der Waals surface area contributed by atoms with E-state index in [1.54, 1.807) is 11.0 Å². The normalized spacial score (nSPS) is 15.7. The van der Waals surface area contributed by atoms with Crippen molar-refractivity contribution in [1.29, 1.82) is 0 Å². The Morgan fingerprint density at radius 3 is 2.75 bits per heavy atom. The number of rotatable bonds is 1. The lowest BCUT2D eigenvalue weighted by atomic mass is 9.98. The maximum atomic E-state index is 14.0. The van der Waals surface area contributed by atoms with Crippen LogP contribution < -0.4 is 0 Å². The zero-order valence-electron chi connectivity index (χ0n) is 11.5. The summed E-state index contributed by atoms with van der Waals surface area (Å²) in [7, 11) is 0.